The molecule has 0 saturated carbocycles. The summed E-state index contributed by atoms with van der Waals surface area (Å²) in [5, 5.41) is 19.0. The van der Waals surface area contributed by atoms with Crippen molar-refractivity contribution >= 4 is 5.69 Å². The van der Waals surface area contributed by atoms with Crippen LogP contribution in [0.25, 0.3) is 0 Å². The van der Waals surface area contributed by atoms with Crippen LogP contribution >= 0.6 is 0 Å². The fraction of sp³-hybridized carbons (Fsp3) is 0.300. The van der Waals surface area contributed by atoms with Gasteiger partial charge in [0.15, 0.2) is 0 Å². The highest BCUT2D eigenvalue weighted by Crippen LogP contribution is 2.23. The molecular weight excluding hydrogens is 210 g/mol. The van der Waals surface area contributed by atoms with E-state index in [1.165, 1.54) is 12.1 Å². The summed E-state index contributed by atoms with van der Waals surface area (Å²) in [7, 11) is 0. The molecule has 0 aliphatic carbocycles. The Morgan fingerprint density at radius 2 is 2.38 bits per heavy atom. The highest BCUT2D eigenvalue weighted by atomic mass is 16.6. The summed E-state index contributed by atoms with van der Waals surface area (Å²) < 4.78 is 5.23. The lowest BCUT2D eigenvalue weighted by molar-refractivity contribution is -0.384. The summed E-state index contributed by atoms with van der Waals surface area (Å²) in [6, 6.07) is 5.38. The van der Waals surface area contributed by atoms with Gasteiger partial charge in [0.1, 0.15) is 18.4 Å². The second-order valence-corrected chi connectivity index (χ2v) is 3.25. The first-order valence-corrected chi connectivity index (χ1v) is 4.57. The molecule has 0 bridgehead atoms. The normalized spacial score (nSPS) is 11.6. The molecule has 0 aromatic heterocycles. The van der Waals surface area contributed by atoms with Crippen molar-refractivity contribution in [2.75, 3.05) is 6.61 Å². The lowest BCUT2D eigenvalue weighted by Crippen LogP contribution is -2.25. The molecule has 0 heterocycles. The first kappa shape index (κ1) is 11.9. The lowest BCUT2D eigenvalue weighted by atomic mass is 10.2. The van der Waals surface area contributed by atoms with Crippen LogP contribution in [0, 0.1) is 28.4 Å². The van der Waals surface area contributed by atoms with Crippen molar-refractivity contribution in [1.82, 2.24) is 0 Å². The zero-order chi connectivity index (χ0) is 12.1. The quantitative estimate of drug-likeness (QED) is 0.606. The molecular formula is C10H11N3O3. The monoisotopic (exact) mass is 221 g/mol. The van der Waals surface area contributed by atoms with E-state index in [0.29, 0.717) is 5.75 Å². The van der Waals surface area contributed by atoms with E-state index in [1.54, 1.807) is 13.0 Å². The van der Waals surface area contributed by atoms with Crippen molar-refractivity contribution in [2.24, 2.45) is 5.73 Å². The average molecular weight is 221 g/mol. The maximum Gasteiger partial charge on any atom is 0.273 e. The molecule has 0 fully saturated rings. The fourth-order valence-electron chi connectivity index (χ4n) is 1.07. The zero-order valence-corrected chi connectivity index (χ0v) is 8.71. The highest BCUT2D eigenvalue weighted by Gasteiger charge is 2.10. The number of non-ortho nitro benzene ring substituents is 1. The number of hydrogen-bond donors (Lipinski definition) is 1. The zero-order valence-electron chi connectivity index (χ0n) is 8.71. The molecule has 0 saturated heterocycles. The summed E-state index contributed by atoms with van der Waals surface area (Å²) in [6.45, 7) is 1.77. The third-order valence-electron chi connectivity index (χ3n) is 1.97. The SMILES string of the molecule is Cc1ccc([N+](=O)[O-])cc1OCC(N)C#N. The Bertz CT molecular complexity index is 439. The minimum Gasteiger partial charge on any atom is -0.490 e. The number of benzene rings is 1. The Balaban J connectivity index is 2.83. The van der Waals surface area contributed by atoms with E-state index < -0.39 is 11.0 Å². The van der Waals surface area contributed by atoms with Gasteiger partial charge in [-0.2, -0.15) is 5.26 Å². The number of ether oxygens (including phenoxy) is 1. The molecule has 1 rings (SSSR count). The maximum absolute atomic E-state index is 10.5. The second kappa shape index (κ2) is 5.09. The van der Waals surface area contributed by atoms with Gasteiger partial charge in [-0.3, -0.25) is 10.1 Å². The lowest BCUT2D eigenvalue weighted by Gasteiger charge is -2.09. The molecule has 16 heavy (non-hydrogen) atoms. The van der Waals surface area contributed by atoms with Crippen molar-refractivity contribution in [1.29, 1.82) is 5.26 Å². The molecule has 0 aliphatic rings. The number of rotatable bonds is 4. The molecule has 0 radical (unpaired) electrons. The Kier molecular flexibility index (Phi) is 3.80. The van der Waals surface area contributed by atoms with Crippen LogP contribution in [0.3, 0.4) is 0 Å². The van der Waals surface area contributed by atoms with Gasteiger partial charge < -0.3 is 10.5 Å². The van der Waals surface area contributed by atoms with Gasteiger partial charge in [0.25, 0.3) is 5.69 Å². The third kappa shape index (κ3) is 2.93. The molecule has 6 nitrogen and oxygen atoms in total. The topological polar surface area (TPSA) is 102 Å². The molecule has 0 aliphatic heterocycles. The van der Waals surface area contributed by atoms with Gasteiger partial charge >= 0.3 is 0 Å². The van der Waals surface area contributed by atoms with Crippen molar-refractivity contribution in [3.05, 3.63) is 33.9 Å². The van der Waals surface area contributed by atoms with Gasteiger partial charge in [0.05, 0.1) is 17.1 Å². The fourth-order valence-corrected chi connectivity index (χ4v) is 1.07. The summed E-state index contributed by atoms with van der Waals surface area (Å²) in [5.41, 5.74) is 6.06. The number of nitrogens with two attached hydrogens (primary N) is 1. The van der Waals surface area contributed by atoms with E-state index in [1.807, 2.05) is 6.07 Å². The maximum atomic E-state index is 10.5. The van der Waals surface area contributed by atoms with E-state index >= 15 is 0 Å². The molecule has 6 heteroatoms. The summed E-state index contributed by atoms with van der Waals surface area (Å²) in [6.07, 6.45) is 0. The van der Waals surface area contributed by atoms with Crippen molar-refractivity contribution in [3.8, 4) is 11.8 Å². The summed E-state index contributed by atoms with van der Waals surface area (Å²) in [4.78, 5) is 10.0. The van der Waals surface area contributed by atoms with Crippen molar-refractivity contribution < 1.29 is 9.66 Å². The molecule has 1 aromatic rings. The molecule has 84 valence electrons. The first-order valence-electron chi connectivity index (χ1n) is 4.57. The van der Waals surface area contributed by atoms with E-state index in [9.17, 15) is 10.1 Å². The van der Waals surface area contributed by atoms with E-state index in [2.05, 4.69) is 0 Å². The highest BCUT2D eigenvalue weighted by molar-refractivity contribution is 5.43. The van der Waals surface area contributed by atoms with Crippen LogP contribution in [-0.4, -0.2) is 17.6 Å². The van der Waals surface area contributed by atoms with Crippen LogP contribution in [-0.2, 0) is 0 Å². The smallest absolute Gasteiger partial charge is 0.273 e. The van der Waals surface area contributed by atoms with Gasteiger partial charge in [-0.1, -0.05) is 0 Å². The van der Waals surface area contributed by atoms with E-state index in [0.717, 1.165) is 5.56 Å². The number of hydrogen-bond acceptors (Lipinski definition) is 5. The Labute approximate surface area is 92.4 Å². The summed E-state index contributed by atoms with van der Waals surface area (Å²) >= 11 is 0. The van der Waals surface area contributed by atoms with Crippen LogP contribution in [0.1, 0.15) is 5.56 Å². The third-order valence-corrected chi connectivity index (χ3v) is 1.97. The molecule has 1 aromatic carbocycles. The number of nitro benzene ring substituents is 1. The largest absolute Gasteiger partial charge is 0.490 e. The van der Waals surface area contributed by atoms with Crippen LogP contribution in [0.15, 0.2) is 18.2 Å². The van der Waals surface area contributed by atoms with Crippen LogP contribution in [0.5, 0.6) is 5.75 Å². The molecule has 0 amide bonds. The Morgan fingerprint density at radius 3 is 2.94 bits per heavy atom. The predicted octanol–water partition coefficient (Wildman–Crippen LogP) is 1.13. The first-order chi connectivity index (χ1) is 7.54. The van der Waals surface area contributed by atoms with Crippen molar-refractivity contribution in [3.63, 3.8) is 0 Å². The van der Waals surface area contributed by atoms with E-state index in [-0.39, 0.29) is 12.3 Å². The van der Waals surface area contributed by atoms with Crippen LogP contribution < -0.4 is 10.5 Å². The van der Waals surface area contributed by atoms with Gasteiger partial charge in [0, 0.05) is 6.07 Å². The van der Waals surface area contributed by atoms with Crippen LogP contribution in [0.4, 0.5) is 5.69 Å². The van der Waals surface area contributed by atoms with E-state index in [4.69, 9.17) is 15.7 Å². The number of aryl methyl sites for hydroxylation is 1. The van der Waals surface area contributed by atoms with Gasteiger partial charge in [-0.25, -0.2) is 0 Å². The summed E-state index contributed by atoms with van der Waals surface area (Å²) in [5.74, 6) is 0.375. The number of nitriles is 1. The average Bonchev–Trinajstić information content (AvgIpc) is 2.27. The second-order valence-electron chi connectivity index (χ2n) is 3.25. The minimum atomic E-state index is -0.737. The Morgan fingerprint density at radius 1 is 1.69 bits per heavy atom. The van der Waals surface area contributed by atoms with Gasteiger partial charge in [-0.05, 0) is 18.6 Å². The molecule has 1 unspecified atom stereocenters. The Hall–Kier alpha value is -2.13. The standard InChI is InChI=1S/C10H11N3O3/c1-7-2-3-9(13(14)15)4-10(7)16-6-8(12)5-11/h2-4,8H,6,12H2,1H3. The molecule has 0 spiro atoms. The predicted molar refractivity (Wildman–Crippen MR) is 56.9 cm³/mol. The molecule has 2 N–H and O–H groups in total. The molecule has 1 atom stereocenters. The van der Waals surface area contributed by atoms with Crippen LogP contribution in [0.2, 0.25) is 0 Å². The van der Waals surface area contributed by atoms with Gasteiger partial charge in [0.2, 0.25) is 0 Å². The van der Waals surface area contributed by atoms with Crippen molar-refractivity contribution in [2.45, 2.75) is 13.0 Å². The number of nitro groups is 1. The minimum absolute atomic E-state index is 0.0124. The number of nitrogens with zero attached hydrogens (tertiary/aromatic N) is 2. The van der Waals surface area contributed by atoms with Gasteiger partial charge in [-0.15, -0.1) is 0 Å².